The van der Waals surface area contributed by atoms with E-state index in [0.717, 1.165) is 41.5 Å². The van der Waals surface area contributed by atoms with Crippen LogP contribution in [0.5, 0.6) is 0 Å². The molecule has 0 heterocycles. The number of aryl methyl sites for hydroxylation is 2. The summed E-state index contributed by atoms with van der Waals surface area (Å²) in [5, 5.41) is 5.94. The molecule has 2 unspecified atom stereocenters. The number of nitrogens with one attached hydrogen (secondary N) is 2. The molecule has 0 spiro atoms. The molecule has 2 aromatic carbocycles. The Morgan fingerprint density at radius 2 is 1.59 bits per heavy atom. The first-order valence-corrected chi connectivity index (χ1v) is 13.9. The first-order valence-electron chi connectivity index (χ1n) is 13.9. The molecular formula is C32H45N3O4. The number of rotatable bonds is 8. The van der Waals surface area contributed by atoms with E-state index >= 15 is 0 Å². The molecule has 3 rings (SSSR count). The highest BCUT2D eigenvalue weighted by molar-refractivity contribution is 5.93. The van der Waals surface area contributed by atoms with Crippen molar-refractivity contribution in [3.05, 3.63) is 70.8 Å². The monoisotopic (exact) mass is 535 g/mol. The van der Waals surface area contributed by atoms with Gasteiger partial charge in [-0.2, -0.15) is 0 Å². The molecule has 2 aromatic rings. The van der Waals surface area contributed by atoms with Crippen LogP contribution >= 0.6 is 0 Å². The molecule has 0 aliphatic heterocycles. The van der Waals surface area contributed by atoms with Crippen LogP contribution in [0.2, 0.25) is 0 Å². The Morgan fingerprint density at radius 1 is 0.949 bits per heavy atom. The van der Waals surface area contributed by atoms with Gasteiger partial charge in [0.15, 0.2) is 0 Å². The van der Waals surface area contributed by atoms with E-state index in [1.807, 2.05) is 83.1 Å². The van der Waals surface area contributed by atoms with Crippen LogP contribution in [0.15, 0.2) is 48.5 Å². The van der Waals surface area contributed by atoms with E-state index in [1.54, 1.807) is 25.7 Å². The molecule has 2 atom stereocenters. The summed E-state index contributed by atoms with van der Waals surface area (Å²) in [4.78, 5) is 43.0. The third-order valence-electron chi connectivity index (χ3n) is 6.87. The van der Waals surface area contributed by atoms with Gasteiger partial charge in [-0.3, -0.25) is 9.59 Å². The topological polar surface area (TPSA) is 87.7 Å². The van der Waals surface area contributed by atoms with Crippen LogP contribution in [-0.4, -0.2) is 46.0 Å². The number of carbonyl (C=O) groups is 3. The van der Waals surface area contributed by atoms with Gasteiger partial charge in [0.25, 0.3) is 0 Å². The maximum Gasteiger partial charge on any atom is 0.408 e. The summed E-state index contributed by atoms with van der Waals surface area (Å²) < 4.78 is 5.52. The summed E-state index contributed by atoms with van der Waals surface area (Å²) in [5.41, 5.74) is 2.63. The zero-order chi connectivity index (χ0) is 29.0. The van der Waals surface area contributed by atoms with Gasteiger partial charge in [-0.15, -0.1) is 0 Å². The second-order valence-corrected chi connectivity index (χ2v) is 12.7. The zero-order valence-electron chi connectivity index (χ0n) is 24.8. The smallest absolute Gasteiger partial charge is 0.408 e. The van der Waals surface area contributed by atoms with Gasteiger partial charge in [-0.05, 0) is 96.9 Å². The molecule has 0 aromatic heterocycles. The largest absolute Gasteiger partial charge is 0.444 e. The van der Waals surface area contributed by atoms with Crippen molar-refractivity contribution in [2.45, 2.75) is 110 Å². The van der Waals surface area contributed by atoms with E-state index < -0.39 is 29.3 Å². The Hall–Kier alpha value is -3.35. The highest BCUT2D eigenvalue weighted by Gasteiger charge is 2.42. The Bertz CT molecular complexity index is 1160. The van der Waals surface area contributed by atoms with Gasteiger partial charge >= 0.3 is 6.09 Å². The second-order valence-electron chi connectivity index (χ2n) is 12.7. The molecule has 1 aliphatic rings. The Kier molecular flexibility index (Phi) is 9.47. The third kappa shape index (κ3) is 8.57. The lowest BCUT2D eigenvalue weighted by molar-refractivity contribution is -0.148. The highest BCUT2D eigenvalue weighted by atomic mass is 16.6. The first-order chi connectivity index (χ1) is 18.1. The van der Waals surface area contributed by atoms with Crippen molar-refractivity contribution in [1.82, 2.24) is 15.5 Å². The molecular weight excluding hydrogens is 490 g/mol. The lowest BCUT2D eigenvalue weighted by Crippen LogP contribution is -2.59. The van der Waals surface area contributed by atoms with Gasteiger partial charge in [-0.25, -0.2) is 4.79 Å². The van der Waals surface area contributed by atoms with Gasteiger partial charge in [0.2, 0.25) is 11.8 Å². The normalized spacial score (nSPS) is 15.5. The van der Waals surface area contributed by atoms with Crippen molar-refractivity contribution in [1.29, 1.82) is 0 Å². The Balaban J connectivity index is 2.07. The van der Waals surface area contributed by atoms with Gasteiger partial charge in [0.05, 0.1) is 0 Å². The van der Waals surface area contributed by atoms with Crippen LogP contribution in [0.3, 0.4) is 0 Å². The SMILES string of the molecule is Cc1ccc(C(C(=O)NC(C)(C)C)N(C(=O)C(Cc2ccccc2)NC(=O)OC(C)(C)C)C2CCC2)cc1C. The van der Waals surface area contributed by atoms with E-state index in [9.17, 15) is 14.4 Å². The van der Waals surface area contributed by atoms with Crippen LogP contribution in [0.25, 0.3) is 0 Å². The van der Waals surface area contributed by atoms with E-state index in [1.165, 1.54) is 0 Å². The van der Waals surface area contributed by atoms with Crippen LogP contribution < -0.4 is 10.6 Å². The van der Waals surface area contributed by atoms with E-state index in [-0.39, 0.29) is 24.3 Å². The minimum Gasteiger partial charge on any atom is -0.444 e. The Labute approximate surface area is 233 Å². The second kappa shape index (κ2) is 12.2. The molecule has 212 valence electrons. The fourth-order valence-electron chi connectivity index (χ4n) is 4.67. The summed E-state index contributed by atoms with van der Waals surface area (Å²) in [5.74, 6) is -0.525. The summed E-state index contributed by atoms with van der Waals surface area (Å²) in [6.45, 7) is 15.2. The van der Waals surface area contributed by atoms with E-state index in [4.69, 9.17) is 4.74 Å². The fraction of sp³-hybridized carbons (Fsp3) is 0.531. The van der Waals surface area contributed by atoms with E-state index in [0.29, 0.717) is 0 Å². The summed E-state index contributed by atoms with van der Waals surface area (Å²) >= 11 is 0. The van der Waals surface area contributed by atoms with Crippen molar-refractivity contribution in [3.8, 4) is 0 Å². The number of benzene rings is 2. The number of alkyl carbamates (subject to hydrolysis) is 1. The lowest BCUT2D eigenvalue weighted by Gasteiger charge is -2.44. The van der Waals surface area contributed by atoms with Crippen LogP contribution in [0.4, 0.5) is 4.79 Å². The summed E-state index contributed by atoms with van der Waals surface area (Å²) in [6.07, 6.45) is 2.22. The molecule has 1 fully saturated rings. The predicted octanol–water partition coefficient (Wildman–Crippen LogP) is 5.78. The van der Waals surface area contributed by atoms with Gasteiger partial charge in [0.1, 0.15) is 17.7 Å². The molecule has 3 amide bonds. The van der Waals surface area contributed by atoms with Crippen LogP contribution in [-0.2, 0) is 20.7 Å². The van der Waals surface area contributed by atoms with Gasteiger partial charge in [-0.1, -0.05) is 48.5 Å². The Morgan fingerprint density at radius 3 is 2.10 bits per heavy atom. The fourth-order valence-corrected chi connectivity index (χ4v) is 4.67. The number of nitrogens with zero attached hydrogens (tertiary/aromatic N) is 1. The summed E-state index contributed by atoms with van der Waals surface area (Å²) in [6, 6.07) is 13.7. The molecule has 7 nitrogen and oxygen atoms in total. The van der Waals surface area contributed by atoms with Crippen molar-refractivity contribution >= 4 is 17.9 Å². The standard InChI is InChI=1S/C32H45N3O4/c1-21-17-18-24(19-22(21)2)27(28(36)34-31(3,4)5)35(25-15-12-16-25)29(37)26(20-23-13-10-9-11-14-23)33-30(38)39-32(6,7)8/h9-11,13-14,17-19,25-27H,12,15-16,20H2,1-8H3,(H,33,38)(H,34,36). The molecule has 1 aliphatic carbocycles. The number of amides is 3. The van der Waals surface area contributed by atoms with Crippen molar-refractivity contribution < 1.29 is 19.1 Å². The molecule has 2 N–H and O–H groups in total. The van der Waals surface area contributed by atoms with Crippen molar-refractivity contribution in [2.75, 3.05) is 0 Å². The third-order valence-corrected chi connectivity index (χ3v) is 6.87. The lowest BCUT2D eigenvalue weighted by atomic mass is 9.87. The van der Waals surface area contributed by atoms with E-state index in [2.05, 4.69) is 10.6 Å². The number of hydrogen-bond acceptors (Lipinski definition) is 4. The average molecular weight is 536 g/mol. The maximum absolute atomic E-state index is 14.5. The molecule has 0 radical (unpaired) electrons. The zero-order valence-corrected chi connectivity index (χ0v) is 24.8. The van der Waals surface area contributed by atoms with Crippen LogP contribution in [0, 0.1) is 13.8 Å². The summed E-state index contributed by atoms with van der Waals surface area (Å²) in [7, 11) is 0. The molecule has 39 heavy (non-hydrogen) atoms. The van der Waals surface area contributed by atoms with Crippen molar-refractivity contribution in [2.24, 2.45) is 0 Å². The van der Waals surface area contributed by atoms with Gasteiger partial charge < -0.3 is 20.3 Å². The van der Waals surface area contributed by atoms with Crippen molar-refractivity contribution in [3.63, 3.8) is 0 Å². The van der Waals surface area contributed by atoms with Crippen LogP contribution in [0.1, 0.15) is 89.1 Å². The average Bonchev–Trinajstić information content (AvgIpc) is 2.77. The predicted molar refractivity (Wildman–Crippen MR) is 154 cm³/mol. The minimum absolute atomic E-state index is 0.103. The molecule has 7 heteroatoms. The van der Waals surface area contributed by atoms with Gasteiger partial charge in [0, 0.05) is 18.0 Å². The first kappa shape index (κ1) is 30.2. The molecule has 1 saturated carbocycles. The molecule has 0 bridgehead atoms. The minimum atomic E-state index is -0.903. The number of carbonyl (C=O) groups excluding carboxylic acids is 3. The molecule has 0 saturated heterocycles. The number of ether oxygens (including phenoxy) is 1. The quantitative estimate of drug-likeness (QED) is 0.449. The number of hydrogen-bond donors (Lipinski definition) is 2. The highest BCUT2D eigenvalue weighted by Crippen LogP contribution is 2.35. The maximum atomic E-state index is 14.5.